The van der Waals surface area contributed by atoms with E-state index in [4.69, 9.17) is 0 Å². The summed E-state index contributed by atoms with van der Waals surface area (Å²) in [6, 6.07) is 0.766. The van der Waals surface area contributed by atoms with E-state index in [1.54, 1.807) is 0 Å². The van der Waals surface area contributed by atoms with E-state index in [1.165, 1.54) is 6.92 Å². The number of halogens is 3. The van der Waals surface area contributed by atoms with E-state index in [0.29, 0.717) is 4.73 Å². The third-order valence-electron chi connectivity index (χ3n) is 1.44. The fraction of sp³-hybridized carbons (Fsp3) is 0.286. The minimum atomic E-state index is -4.38. The molecule has 66 valence electrons. The average molecular weight is 177 g/mol. The van der Waals surface area contributed by atoms with Gasteiger partial charge in [-0.1, -0.05) is 0 Å². The Morgan fingerprint density at radius 1 is 1.42 bits per heavy atom. The lowest BCUT2D eigenvalue weighted by Gasteiger charge is -2.08. The van der Waals surface area contributed by atoms with Crippen LogP contribution in [-0.2, 0) is 6.18 Å². The maximum atomic E-state index is 12.1. The van der Waals surface area contributed by atoms with Crippen LogP contribution in [-0.4, -0.2) is 0 Å². The molecule has 12 heavy (non-hydrogen) atoms. The van der Waals surface area contributed by atoms with Gasteiger partial charge in [0.05, 0.1) is 5.56 Å². The minimum Gasteiger partial charge on any atom is -0.619 e. The first kappa shape index (κ1) is 8.83. The molecule has 0 N–H and O–H groups in total. The molecule has 0 aromatic carbocycles. The van der Waals surface area contributed by atoms with Crippen molar-refractivity contribution in [2.75, 3.05) is 0 Å². The first-order chi connectivity index (χ1) is 5.41. The Morgan fingerprint density at radius 2 is 2.00 bits per heavy atom. The molecule has 2 nitrogen and oxygen atoms in total. The molecule has 0 fully saturated rings. The van der Waals surface area contributed by atoms with Gasteiger partial charge >= 0.3 is 6.18 Å². The minimum absolute atomic E-state index is 0.0694. The Hall–Kier alpha value is -1.26. The summed E-state index contributed by atoms with van der Waals surface area (Å²) in [6.45, 7) is 1.25. The zero-order valence-corrected chi connectivity index (χ0v) is 6.22. The van der Waals surface area contributed by atoms with Gasteiger partial charge in [0.15, 0.2) is 12.4 Å². The molecule has 1 heterocycles. The van der Waals surface area contributed by atoms with Crippen LogP contribution in [0.4, 0.5) is 13.2 Å². The van der Waals surface area contributed by atoms with Crippen molar-refractivity contribution in [2.45, 2.75) is 13.1 Å². The van der Waals surface area contributed by atoms with Crippen molar-refractivity contribution in [3.63, 3.8) is 0 Å². The molecule has 1 aromatic rings. The van der Waals surface area contributed by atoms with E-state index < -0.39 is 11.7 Å². The van der Waals surface area contributed by atoms with Crippen LogP contribution in [0.1, 0.15) is 11.1 Å². The lowest BCUT2D eigenvalue weighted by Crippen LogP contribution is -2.26. The van der Waals surface area contributed by atoms with Crippen molar-refractivity contribution >= 4 is 0 Å². The largest absolute Gasteiger partial charge is 0.619 e. The summed E-state index contributed by atoms with van der Waals surface area (Å²) in [4.78, 5) is 0. The summed E-state index contributed by atoms with van der Waals surface area (Å²) in [7, 11) is 0. The number of pyridine rings is 1. The molecule has 0 aliphatic rings. The SMILES string of the molecule is Cc1c[n+]([O-])ccc1C(F)(F)F. The van der Waals surface area contributed by atoms with Crippen molar-refractivity contribution in [1.29, 1.82) is 0 Å². The Balaban J connectivity index is 3.19. The summed E-state index contributed by atoms with van der Waals surface area (Å²) in [6.07, 6.45) is -2.66. The lowest BCUT2D eigenvalue weighted by molar-refractivity contribution is -0.606. The molecule has 0 atom stereocenters. The quantitative estimate of drug-likeness (QED) is 0.437. The van der Waals surface area contributed by atoms with Crippen LogP contribution >= 0.6 is 0 Å². The predicted octanol–water partition coefficient (Wildman–Crippen LogP) is 1.65. The summed E-state index contributed by atoms with van der Waals surface area (Å²) < 4.78 is 36.5. The monoisotopic (exact) mass is 177 g/mol. The fourth-order valence-corrected chi connectivity index (χ4v) is 0.901. The molecule has 0 radical (unpaired) electrons. The smallest absolute Gasteiger partial charge is 0.417 e. The third kappa shape index (κ3) is 1.66. The van der Waals surface area contributed by atoms with E-state index in [2.05, 4.69) is 0 Å². The summed E-state index contributed by atoms with van der Waals surface area (Å²) in [5.74, 6) is 0. The second-order valence-corrected chi connectivity index (χ2v) is 2.40. The van der Waals surface area contributed by atoms with Gasteiger partial charge in [-0.05, 0) is 6.92 Å². The van der Waals surface area contributed by atoms with E-state index in [-0.39, 0.29) is 5.56 Å². The number of nitrogens with zero attached hydrogens (tertiary/aromatic N) is 1. The molecule has 0 spiro atoms. The highest BCUT2D eigenvalue weighted by Gasteiger charge is 2.33. The van der Waals surface area contributed by atoms with Gasteiger partial charge in [-0.3, -0.25) is 0 Å². The number of alkyl halides is 3. The van der Waals surface area contributed by atoms with Crippen molar-refractivity contribution in [3.8, 4) is 0 Å². The number of hydrogen-bond acceptors (Lipinski definition) is 1. The Kier molecular flexibility index (Phi) is 1.95. The molecule has 0 bridgehead atoms. The second kappa shape index (κ2) is 2.66. The van der Waals surface area contributed by atoms with Crippen LogP contribution in [0.2, 0.25) is 0 Å². The maximum absolute atomic E-state index is 12.1. The van der Waals surface area contributed by atoms with Gasteiger partial charge in [0, 0.05) is 11.6 Å². The number of hydrogen-bond donors (Lipinski definition) is 0. The average Bonchev–Trinajstić information content (AvgIpc) is 1.83. The molecular formula is C7H6F3NO. The highest BCUT2D eigenvalue weighted by atomic mass is 19.4. The summed E-state index contributed by atoms with van der Waals surface area (Å²) in [5, 5.41) is 10.5. The van der Waals surface area contributed by atoms with Gasteiger partial charge in [0.1, 0.15) is 0 Å². The Labute approximate surface area is 66.8 Å². The van der Waals surface area contributed by atoms with Crippen LogP contribution in [0, 0.1) is 12.1 Å². The Morgan fingerprint density at radius 3 is 2.42 bits per heavy atom. The molecule has 0 unspecified atom stereocenters. The van der Waals surface area contributed by atoms with Crippen molar-refractivity contribution in [2.24, 2.45) is 0 Å². The van der Waals surface area contributed by atoms with Gasteiger partial charge in [-0.2, -0.15) is 17.9 Å². The van der Waals surface area contributed by atoms with E-state index >= 15 is 0 Å². The van der Waals surface area contributed by atoms with Crippen molar-refractivity contribution in [1.82, 2.24) is 0 Å². The zero-order valence-electron chi connectivity index (χ0n) is 6.22. The van der Waals surface area contributed by atoms with E-state index in [0.717, 1.165) is 18.5 Å². The first-order valence-electron chi connectivity index (χ1n) is 3.18. The van der Waals surface area contributed by atoms with Crippen LogP contribution in [0.5, 0.6) is 0 Å². The fourth-order valence-electron chi connectivity index (χ4n) is 0.901. The van der Waals surface area contributed by atoms with E-state index in [9.17, 15) is 18.4 Å². The van der Waals surface area contributed by atoms with Gasteiger partial charge < -0.3 is 5.21 Å². The van der Waals surface area contributed by atoms with E-state index in [1.807, 2.05) is 0 Å². The third-order valence-corrected chi connectivity index (χ3v) is 1.44. The molecule has 0 saturated heterocycles. The summed E-state index contributed by atoms with van der Waals surface area (Å²) in [5.41, 5.74) is -0.838. The molecule has 0 saturated carbocycles. The molecule has 0 aliphatic heterocycles. The standard InChI is InChI=1S/C7H6F3NO/c1-5-4-11(12)3-2-6(5)7(8,9)10/h2-4H,1H3. The number of aromatic nitrogens is 1. The van der Waals surface area contributed by atoms with Crippen molar-refractivity contribution in [3.05, 3.63) is 34.8 Å². The maximum Gasteiger partial charge on any atom is 0.417 e. The van der Waals surface area contributed by atoms with Crippen molar-refractivity contribution < 1.29 is 17.9 Å². The highest BCUT2D eigenvalue weighted by Crippen LogP contribution is 2.30. The topological polar surface area (TPSA) is 26.9 Å². The number of aryl methyl sites for hydroxylation is 1. The first-order valence-corrected chi connectivity index (χ1v) is 3.18. The molecule has 1 aromatic heterocycles. The summed E-state index contributed by atoms with van der Waals surface area (Å²) >= 11 is 0. The van der Waals surface area contributed by atoms with Crippen LogP contribution in [0.3, 0.4) is 0 Å². The molecule has 5 heteroatoms. The predicted molar refractivity (Wildman–Crippen MR) is 35.1 cm³/mol. The lowest BCUT2D eigenvalue weighted by atomic mass is 10.1. The molecular weight excluding hydrogens is 171 g/mol. The van der Waals surface area contributed by atoms with Crippen LogP contribution in [0.15, 0.2) is 18.5 Å². The van der Waals surface area contributed by atoms with Gasteiger partial charge in [-0.25, -0.2) is 0 Å². The number of rotatable bonds is 0. The second-order valence-electron chi connectivity index (χ2n) is 2.40. The Bertz CT molecular complexity index is 295. The molecule has 0 amide bonds. The van der Waals surface area contributed by atoms with Gasteiger partial charge in [0.2, 0.25) is 0 Å². The van der Waals surface area contributed by atoms with Crippen LogP contribution in [0.25, 0.3) is 0 Å². The highest BCUT2D eigenvalue weighted by molar-refractivity contribution is 5.22. The molecule has 0 aliphatic carbocycles. The normalized spacial score (nSPS) is 11.7. The van der Waals surface area contributed by atoms with Gasteiger partial charge in [0.25, 0.3) is 0 Å². The van der Waals surface area contributed by atoms with Crippen LogP contribution < -0.4 is 4.73 Å². The van der Waals surface area contributed by atoms with Gasteiger partial charge in [-0.15, -0.1) is 0 Å². The zero-order chi connectivity index (χ0) is 9.35. The molecule has 1 rings (SSSR count).